The number of nitrogens with zero attached hydrogens (tertiary/aromatic N) is 1. The molecule has 1 aliphatic rings. The minimum absolute atomic E-state index is 0.548. The van der Waals surface area contributed by atoms with E-state index in [0.717, 1.165) is 6.42 Å². The second-order valence-electron chi connectivity index (χ2n) is 3.44. The van der Waals surface area contributed by atoms with Crippen LogP contribution >= 0.6 is 0 Å². The molecule has 1 unspecified atom stereocenters. The Hall–Kier alpha value is -1.03. The van der Waals surface area contributed by atoms with E-state index in [0.29, 0.717) is 12.3 Å². The van der Waals surface area contributed by atoms with E-state index in [2.05, 4.69) is 32.1 Å². The van der Waals surface area contributed by atoms with Crippen LogP contribution in [0.5, 0.6) is 0 Å². The molecule has 0 N–H and O–H groups in total. The Morgan fingerprint density at radius 2 is 2.42 bits per heavy atom. The molecule has 1 nitrogen and oxygen atoms in total. The number of rotatable bonds is 1. The summed E-state index contributed by atoms with van der Waals surface area (Å²) < 4.78 is 0. The van der Waals surface area contributed by atoms with Gasteiger partial charge in [0, 0.05) is 0 Å². The van der Waals surface area contributed by atoms with Crippen LogP contribution in [0.25, 0.3) is 0 Å². The van der Waals surface area contributed by atoms with Crippen LogP contribution in [-0.2, 0) is 0 Å². The summed E-state index contributed by atoms with van der Waals surface area (Å²) in [6.45, 7) is 4.38. The van der Waals surface area contributed by atoms with Gasteiger partial charge in [-0.3, -0.25) is 0 Å². The zero-order valence-corrected chi connectivity index (χ0v) is 7.80. The molecular formula is C11H15N. The molecule has 1 rings (SSSR count). The molecule has 0 saturated heterocycles. The lowest BCUT2D eigenvalue weighted by molar-refractivity contribution is 0.715. The van der Waals surface area contributed by atoms with Crippen molar-refractivity contribution in [3.63, 3.8) is 0 Å². The molecule has 0 aliphatic heterocycles. The van der Waals surface area contributed by atoms with Crippen molar-refractivity contribution in [2.75, 3.05) is 0 Å². The lowest BCUT2D eigenvalue weighted by atomic mass is 9.87. The first-order valence-corrected chi connectivity index (χ1v) is 4.47. The maximum Gasteiger partial charge on any atom is 0.0663 e. The lowest BCUT2D eigenvalue weighted by Crippen LogP contribution is -2.03. The molecule has 0 bridgehead atoms. The summed E-state index contributed by atoms with van der Waals surface area (Å²) in [4.78, 5) is 0. The third-order valence-corrected chi connectivity index (χ3v) is 2.38. The summed E-state index contributed by atoms with van der Waals surface area (Å²) in [7, 11) is 0. The molecule has 0 saturated carbocycles. The van der Waals surface area contributed by atoms with Crippen molar-refractivity contribution < 1.29 is 0 Å². The Morgan fingerprint density at radius 1 is 1.67 bits per heavy atom. The van der Waals surface area contributed by atoms with Crippen LogP contribution in [-0.4, -0.2) is 0 Å². The van der Waals surface area contributed by atoms with Crippen molar-refractivity contribution in [2.24, 2.45) is 5.92 Å². The van der Waals surface area contributed by atoms with Crippen molar-refractivity contribution in [1.29, 1.82) is 5.26 Å². The van der Waals surface area contributed by atoms with Gasteiger partial charge in [0.25, 0.3) is 0 Å². The molecule has 1 aliphatic carbocycles. The van der Waals surface area contributed by atoms with Gasteiger partial charge in [-0.15, -0.1) is 0 Å². The van der Waals surface area contributed by atoms with Gasteiger partial charge in [-0.1, -0.05) is 30.2 Å². The minimum Gasteiger partial charge on any atom is -0.198 e. The van der Waals surface area contributed by atoms with E-state index in [1.807, 2.05) is 0 Å². The lowest BCUT2D eigenvalue weighted by Gasteiger charge is -2.19. The zero-order valence-electron chi connectivity index (χ0n) is 7.80. The first-order valence-electron chi connectivity index (χ1n) is 4.47. The highest BCUT2D eigenvalue weighted by Gasteiger charge is 2.11. The molecule has 0 fully saturated rings. The zero-order chi connectivity index (χ0) is 8.97. The van der Waals surface area contributed by atoms with Gasteiger partial charge in [-0.05, 0) is 25.7 Å². The molecule has 0 aromatic rings. The van der Waals surface area contributed by atoms with Crippen LogP contribution < -0.4 is 0 Å². The number of allylic oxidation sites excluding steroid dienone is 4. The topological polar surface area (TPSA) is 23.8 Å². The second kappa shape index (κ2) is 4.11. The van der Waals surface area contributed by atoms with Crippen molar-refractivity contribution in [1.82, 2.24) is 0 Å². The normalized spacial score (nSPS) is 26.6. The van der Waals surface area contributed by atoms with Crippen molar-refractivity contribution >= 4 is 0 Å². The summed E-state index contributed by atoms with van der Waals surface area (Å²) in [5, 5.41) is 8.43. The van der Waals surface area contributed by atoms with E-state index in [1.54, 1.807) is 0 Å². The second-order valence-corrected chi connectivity index (χ2v) is 3.44. The van der Waals surface area contributed by atoms with Crippen LogP contribution in [0, 0.1) is 17.2 Å². The summed E-state index contributed by atoms with van der Waals surface area (Å²) >= 11 is 0. The summed E-state index contributed by atoms with van der Waals surface area (Å²) in [6.07, 6.45) is 7.25. The predicted octanol–water partition coefficient (Wildman–Crippen LogP) is 3.20. The number of nitriles is 1. The van der Waals surface area contributed by atoms with Crippen LogP contribution in [0.4, 0.5) is 0 Å². The van der Waals surface area contributed by atoms with Gasteiger partial charge >= 0.3 is 0 Å². The van der Waals surface area contributed by atoms with Crippen LogP contribution in [0.15, 0.2) is 23.3 Å². The van der Waals surface area contributed by atoms with E-state index in [9.17, 15) is 0 Å². The van der Waals surface area contributed by atoms with Gasteiger partial charge < -0.3 is 0 Å². The molecular weight excluding hydrogens is 146 g/mol. The Bertz CT molecular complexity index is 253. The Morgan fingerprint density at radius 3 is 3.00 bits per heavy atom. The maximum absolute atomic E-state index is 8.43. The third kappa shape index (κ3) is 2.23. The highest BCUT2D eigenvalue weighted by atomic mass is 14.2. The largest absolute Gasteiger partial charge is 0.198 e. The van der Waals surface area contributed by atoms with Gasteiger partial charge in [0.05, 0.1) is 12.5 Å². The predicted molar refractivity (Wildman–Crippen MR) is 50.5 cm³/mol. The quantitative estimate of drug-likeness (QED) is 0.542. The fourth-order valence-electron chi connectivity index (χ4n) is 1.65. The molecule has 0 amide bonds. The van der Waals surface area contributed by atoms with Gasteiger partial charge in [-0.25, -0.2) is 0 Å². The van der Waals surface area contributed by atoms with E-state index >= 15 is 0 Å². The average molecular weight is 161 g/mol. The minimum atomic E-state index is 0.548. The first kappa shape index (κ1) is 9.06. The van der Waals surface area contributed by atoms with Gasteiger partial charge in [0.1, 0.15) is 0 Å². The molecule has 12 heavy (non-hydrogen) atoms. The van der Waals surface area contributed by atoms with E-state index < -0.39 is 0 Å². The maximum atomic E-state index is 8.43. The van der Waals surface area contributed by atoms with Crippen LogP contribution in [0.1, 0.15) is 33.1 Å². The van der Waals surface area contributed by atoms with Gasteiger partial charge in [0.2, 0.25) is 0 Å². The third-order valence-electron chi connectivity index (χ3n) is 2.38. The average Bonchev–Trinajstić information content (AvgIpc) is 2.03. The summed E-state index contributed by atoms with van der Waals surface area (Å²) in [6, 6.07) is 2.15. The van der Waals surface area contributed by atoms with Crippen molar-refractivity contribution in [3.8, 4) is 6.07 Å². The molecule has 0 aromatic heterocycles. The number of hydrogen-bond acceptors (Lipinski definition) is 1. The molecule has 64 valence electrons. The van der Waals surface area contributed by atoms with E-state index in [1.165, 1.54) is 17.6 Å². The molecule has 0 radical (unpaired) electrons. The fourth-order valence-corrected chi connectivity index (χ4v) is 1.65. The summed E-state index contributed by atoms with van der Waals surface area (Å²) in [5.74, 6) is 0.548. The molecule has 0 aromatic carbocycles. The Balaban J connectivity index is 2.66. The van der Waals surface area contributed by atoms with E-state index in [4.69, 9.17) is 5.26 Å². The molecule has 0 spiro atoms. The molecule has 1 atom stereocenters. The van der Waals surface area contributed by atoms with Gasteiger partial charge in [0.15, 0.2) is 0 Å². The standard InChI is InChI=1S/C11H15N/c1-9-5-6-11(4-3-7-12)10(2)8-9/h4,8,10H,3,5-6H2,1-2H3/b11-4+. The fraction of sp³-hybridized carbons (Fsp3) is 0.545. The van der Waals surface area contributed by atoms with Gasteiger partial charge in [-0.2, -0.15) is 5.26 Å². The van der Waals surface area contributed by atoms with Crippen molar-refractivity contribution in [3.05, 3.63) is 23.3 Å². The summed E-state index contributed by atoms with van der Waals surface area (Å²) in [5.41, 5.74) is 2.92. The highest BCUT2D eigenvalue weighted by molar-refractivity contribution is 5.22. The SMILES string of the molecule is CC1=CC(C)/C(=C/CC#N)CC1. The van der Waals surface area contributed by atoms with E-state index in [-0.39, 0.29) is 0 Å². The molecule has 0 heterocycles. The van der Waals surface area contributed by atoms with Crippen molar-refractivity contribution in [2.45, 2.75) is 33.1 Å². The number of hydrogen-bond donors (Lipinski definition) is 0. The smallest absolute Gasteiger partial charge is 0.0663 e. The highest BCUT2D eigenvalue weighted by Crippen LogP contribution is 2.27. The first-order chi connectivity index (χ1) is 5.74. The van der Waals surface area contributed by atoms with Crippen LogP contribution in [0.2, 0.25) is 0 Å². The Labute approximate surface area is 74.4 Å². The monoisotopic (exact) mass is 161 g/mol. The molecule has 1 heteroatoms. The van der Waals surface area contributed by atoms with Crippen LogP contribution in [0.3, 0.4) is 0 Å². The Kier molecular flexibility index (Phi) is 3.10.